The fourth-order valence-electron chi connectivity index (χ4n) is 2.34. The van der Waals surface area contributed by atoms with E-state index >= 15 is 0 Å². The van der Waals surface area contributed by atoms with Crippen LogP contribution < -0.4 is 9.46 Å². The minimum Gasteiger partial charge on any atom is -0.496 e. The van der Waals surface area contributed by atoms with Crippen molar-refractivity contribution in [2.45, 2.75) is 31.2 Å². The molecular formula is C18H21NO5S. The molecule has 0 saturated heterocycles. The summed E-state index contributed by atoms with van der Waals surface area (Å²) < 4.78 is 32.3. The van der Waals surface area contributed by atoms with E-state index in [0.717, 1.165) is 11.1 Å². The summed E-state index contributed by atoms with van der Waals surface area (Å²) in [6.45, 7) is 5.32. The van der Waals surface area contributed by atoms with Gasteiger partial charge >= 0.3 is 5.97 Å². The monoisotopic (exact) mass is 363 g/mol. The second kappa shape index (κ2) is 6.85. The molecule has 0 amide bonds. The highest BCUT2D eigenvalue weighted by molar-refractivity contribution is 7.89. The number of rotatable bonds is 5. The highest BCUT2D eigenvalue weighted by Gasteiger charge is 2.22. The van der Waals surface area contributed by atoms with Crippen LogP contribution in [0.1, 0.15) is 31.1 Å². The minimum absolute atomic E-state index is 0.0693. The Kier molecular flexibility index (Phi) is 5.20. The van der Waals surface area contributed by atoms with Gasteiger partial charge in [-0.3, -0.25) is 0 Å². The molecule has 0 saturated carbocycles. The quantitative estimate of drug-likeness (QED) is 0.851. The predicted octanol–water partition coefficient (Wildman–Crippen LogP) is 3.14. The zero-order valence-electron chi connectivity index (χ0n) is 14.5. The van der Waals surface area contributed by atoms with Gasteiger partial charge in [0.2, 0.25) is 10.0 Å². The van der Waals surface area contributed by atoms with Crippen LogP contribution in [0.15, 0.2) is 47.4 Å². The number of benzene rings is 2. The molecule has 25 heavy (non-hydrogen) atoms. The number of hydrogen-bond donors (Lipinski definition) is 2. The number of carboxylic acids is 1. The number of hydrogen-bond acceptors (Lipinski definition) is 4. The van der Waals surface area contributed by atoms with Crippen molar-refractivity contribution in [1.82, 2.24) is 4.72 Å². The number of carbonyl (C=O) groups is 1. The first kappa shape index (κ1) is 19.0. The smallest absolute Gasteiger partial charge is 0.339 e. The lowest BCUT2D eigenvalue weighted by atomic mass is 10.0. The standard InChI is InChI=1S/C18H21NO5S/c1-18(2,3)19-25(22,23)14-8-5-12(6-9-14)13-7-10-15(17(20)21)16(11-13)24-4/h5-11,19H,1-4H3,(H,20,21). The third-order valence-corrected chi connectivity index (χ3v) is 5.14. The Bertz CT molecular complexity index is 881. The van der Waals surface area contributed by atoms with Crippen molar-refractivity contribution in [1.29, 1.82) is 0 Å². The first-order valence-corrected chi connectivity index (χ1v) is 9.07. The maximum atomic E-state index is 12.3. The summed E-state index contributed by atoms with van der Waals surface area (Å²) in [7, 11) is -2.20. The Morgan fingerprint density at radius 2 is 1.60 bits per heavy atom. The van der Waals surface area contributed by atoms with Crippen LogP contribution in [0.4, 0.5) is 0 Å². The summed E-state index contributed by atoms with van der Waals surface area (Å²) in [5.74, 6) is -0.825. The van der Waals surface area contributed by atoms with Gasteiger partial charge in [0.05, 0.1) is 12.0 Å². The van der Waals surface area contributed by atoms with E-state index in [1.165, 1.54) is 25.3 Å². The van der Waals surface area contributed by atoms with Crippen LogP contribution in [0, 0.1) is 0 Å². The fourth-order valence-corrected chi connectivity index (χ4v) is 3.75. The normalized spacial score (nSPS) is 12.0. The Morgan fingerprint density at radius 1 is 1.04 bits per heavy atom. The average molecular weight is 363 g/mol. The second-order valence-electron chi connectivity index (χ2n) is 6.60. The maximum Gasteiger partial charge on any atom is 0.339 e. The second-order valence-corrected chi connectivity index (χ2v) is 8.28. The van der Waals surface area contributed by atoms with Gasteiger partial charge in [-0.05, 0) is 56.2 Å². The molecule has 0 aliphatic heterocycles. The third-order valence-electron chi connectivity index (χ3n) is 3.37. The van der Waals surface area contributed by atoms with Gasteiger partial charge in [0.25, 0.3) is 0 Å². The van der Waals surface area contributed by atoms with Crippen LogP contribution in [0.2, 0.25) is 0 Å². The van der Waals surface area contributed by atoms with Crippen molar-refractivity contribution in [3.8, 4) is 16.9 Å². The highest BCUT2D eigenvalue weighted by atomic mass is 32.2. The van der Waals surface area contributed by atoms with Crippen LogP contribution >= 0.6 is 0 Å². The molecule has 2 aromatic rings. The van der Waals surface area contributed by atoms with Gasteiger partial charge in [0.15, 0.2) is 0 Å². The van der Waals surface area contributed by atoms with E-state index < -0.39 is 21.5 Å². The van der Waals surface area contributed by atoms with Gasteiger partial charge in [-0.2, -0.15) is 0 Å². The highest BCUT2D eigenvalue weighted by Crippen LogP contribution is 2.28. The molecule has 0 spiro atoms. The molecule has 0 aromatic heterocycles. The van der Waals surface area contributed by atoms with Gasteiger partial charge in [0, 0.05) is 5.54 Å². The van der Waals surface area contributed by atoms with E-state index in [1.807, 2.05) is 0 Å². The molecule has 2 aromatic carbocycles. The maximum absolute atomic E-state index is 12.3. The number of carboxylic acid groups (broad SMARTS) is 1. The van der Waals surface area contributed by atoms with Gasteiger partial charge in [-0.1, -0.05) is 18.2 Å². The molecule has 0 atom stereocenters. The van der Waals surface area contributed by atoms with Gasteiger partial charge in [0.1, 0.15) is 11.3 Å². The van der Waals surface area contributed by atoms with E-state index in [2.05, 4.69) is 4.72 Å². The number of aromatic carboxylic acids is 1. The molecule has 0 aliphatic carbocycles. The molecule has 2 N–H and O–H groups in total. The molecule has 0 bridgehead atoms. The van der Waals surface area contributed by atoms with Crippen LogP contribution in [0.3, 0.4) is 0 Å². The molecule has 7 heteroatoms. The molecule has 0 unspecified atom stereocenters. The van der Waals surface area contributed by atoms with Crippen LogP contribution in [-0.2, 0) is 10.0 Å². The largest absolute Gasteiger partial charge is 0.496 e. The van der Waals surface area contributed by atoms with Crippen molar-refractivity contribution in [3.63, 3.8) is 0 Å². The van der Waals surface area contributed by atoms with Crippen molar-refractivity contribution in [3.05, 3.63) is 48.0 Å². The number of methoxy groups -OCH3 is 1. The molecule has 0 heterocycles. The van der Waals surface area contributed by atoms with Crippen LogP contribution in [-0.4, -0.2) is 32.1 Å². The topological polar surface area (TPSA) is 92.7 Å². The summed E-state index contributed by atoms with van der Waals surface area (Å²) in [4.78, 5) is 11.3. The fraction of sp³-hybridized carbons (Fsp3) is 0.278. The van der Waals surface area contributed by atoms with Crippen molar-refractivity contribution >= 4 is 16.0 Å². The number of nitrogens with one attached hydrogen (secondary N) is 1. The van der Waals surface area contributed by atoms with E-state index in [1.54, 1.807) is 45.0 Å². The predicted molar refractivity (Wildman–Crippen MR) is 95.5 cm³/mol. The summed E-state index contributed by atoms with van der Waals surface area (Å²) in [5.41, 5.74) is 0.983. The summed E-state index contributed by atoms with van der Waals surface area (Å²) in [6, 6.07) is 11.1. The summed E-state index contributed by atoms with van der Waals surface area (Å²) in [6.07, 6.45) is 0. The van der Waals surface area contributed by atoms with Crippen molar-refractivity contribution in [2.75, 3.05) is 7.11 Å². The number of ether oxygens (including phenoxy) is 1. The van der Waals surface area contributed by atoms with Gasteiger partial charge in [-0.15, -0.1) is 0 Å². The minimum atomic E-state index is -3.60. The SMILES string of the molecule is COc1cc(-c2ccc(S(=O)(=O)NC(C)(C)C)cc2)ccc1C(=O)O. The Labute approximate surface area is 147 Å². The average Bonchev–Trinajstić information content (AvgIpc) is 2.52. The lowest BCUT2D eigenvalue weighted by Crippen LogP contribution is -2.40. The van der Waals surface area contributed by atoms with E-state index in [-0.39, 0.29) is 16.2 Å². The molecular weight excluding hydrogens is 342 g/mol. The van der Waals surface area contributed by atoms with Crippen LogP contribution in [0.25, 0.3) is 11.1 Å². The Hall–Kier alpha value is -2.38. The van der Waals surface area contributed by atoms with Gasteiger partial charge < -0.3 is 9.84 Å². The first-order chi connectivity index (χ1) is 11.5. The third kappa shape index (κ3) is 4.58. The molecule has 2 rings (SSSR count). The zero-order chi connectivity index (χ0) is 18.8. The van der Waals surface area contributed by atoms with E-state index in [0.29, 0.717) is 0 Å². The molecule has 0 aliphatic rings. The molecule has 134 valence electrons. The Balaban J connectivity index is 2.36. The molecule has 6 nitrogen and oxygen atoms in total. The van der Waals surface area contributed by atoms with Crippen LogP contribution in [0.5, 0.6) is 5.75 Å². The lowest BCUT2D eigenvalue weighted by Gasteiger charge is -2.20. The summed E-state index contributed by atoms with van der Waals surface area (Å²) in [5, 5.41) is 9.12. The summed E-state index contributed by atoms with van der Waals surface area (Å²) >= 11 is 0. The zero-order valence-corrected chi connectivity index (χ0v) is 15.3. The van der Waals surface area contributed by atoms with Crippen molar-refractivity contribution < 1.29 is 23.1 Å². The molecule has 0 radical (unpaired) electrons. The first-order valence-electron chi connectivity index (χ1n) is 7.59. The Morgan fingerprint density at radius 3 is 2.08 bits per heavy atom. The van der Waals surface area contributed by atoms with E-state index in [4.69, 9.17) is 9.84 Å². The molecule has 0 fully saturated rings. The van der Waals surface area contributed by atoms with Gasteiger partial charge in [-0.25, -0.2) is 17.9 Å². The lowest BCUT2D eigenvalue weighted by molar-refractivity contribution is 0.0693. The van der Waals surface area contributed by atoms with E-state index in [9.17, 15) is 13.2 Å². The van der Waals surface area contributed by atoms with Crippen molar-refractivity contribution in [2.24, 2.45) is 0 Å². The number of sulfonamides is 1.